The minimum absolute atomic E-state index is 0.107. The zero-order chi connectivity index (χ0) is 19.5. The van der Waals surface area contributed by atoms with Crippen molar-refractivity contribution in [3.8, 4) is 0 Å². The molecule has 2 aliphatic rings. The summed E-state index contributed by atoms with van der Waals surface area (Å²) >= 11 is 0. The lowest BCUT2D eigenvalue weighted by molar-refractivity contribution is -0.110. The molecule has 1 saturated heterocycles. The van der Waals surface area contributed by atoms with Crippen molar-refractivity contribution < 1.29 is 18.7 Å². The van der Waals surface area contributed by atoms with Gasteiger partial charge in [-0.1, -0.05) is 0 Å². The van der Waals surface area contributed by atoms with Gasteiger partial charge in [-0.25, -0.2) is 4.39 Å². The van der Waals surface area contributed by atoms with Gasteiger partial charge < -0.3 is 25.0 Å². The predicted molar refractivity (Wildman–Crippen MR) is 107 cm³/mol. The molecule has 1 fully saturated rings. The zero-order valence-corrected chi connectivity index (χ0v) is 15.6. The Balaban J connectivity index is 1.38. The number of ether oxygens (including phenoxy) is 2. The third-order valence-corrected chi connectivity index (χ3v) is 4.85. The van der Waals surface area contributed by atoms with Crippen LogP contribution in [0.2, 0.25) is 0 Å². The number of amides is 1. The summed E-state index contributed by atoms with van der Waals surface area (Å²) in [6.07, 6.45) is 2.36. The van der Waals surface area contributed by atoms with Crippen LogP contribution >= 0.6 is 0 Å². The predicted octanol–water partition coefficient (Wildman–Crippen LogP) is 3.43. The highest BCUT2D eigenvalue weighted by Crippen LogP contribution is 2.32. The standard InChI is InChI=1S/C21H22FN3O3/c1-25(9-8-20-27-10-11-28-20)16-5-3-15(4-6-16)23-13-18-17-7-2-14(22)12-19(17)24-21(18)26/h2-7,12-13,20,23H,8-11H2,1H3,(H,24,26)/b18-13+. The van der Waals surface area contributed by atoms with E-state index < -0.39 is 0 Å². The molecular formula is C21H22FN3O3. The molecule has 4 rings (SSSR count). The average Bonchev–Trinajstić information content (AvgIpc) is 3.31. The largest absolute Gasteiger partial charge is 0.374 e. The van der Waals surface area contributed by atoms with Gasteiger partial charge in [0.1, 0.15) is 5.82 Å². The monoisotopic (exact) mass is 383 g/mol. The third kappa shape index (κ3) is 4.00. The van der Waals surface area contributed by atoms with Crippen LogP contribution in [0.5, 0.6) is 0 Å². The molecule has 2 heterocycles. The van der Waals surface area contributed by atoms with Crippen molar-refractivity contribution in [3.63, 3.8) is 0 Å². The van der Waals surface area contributed by atoms with Crippen LogP contribution in [0, 0.1) is 5.82 Å². The molecule has 0 aliphatic carbocycles. The quantitative estimate of drug-likeness (QED) is 0.749. The van der Waals surface area contributed by atoms with Gasteiger partial charge >= 0.3 is 0 Å². The number of benzene rings is 2. The zero-order valence-electron chi connectivity index (χ0n) is 15.6. The maximum Gasteiger partial charge on any atom is 0.257 e. The maximum atomic E-state index is 13.3. The molecule has 0 spiro atoms. The van der Waals surface area contributed by atoms with Gasteiger partial charge in [0.2, 0.25) is 0 Å². The Labute approximate surface area is 162 Å². The first-order valence-electron chi connectivity index (χ1n) is 9.22. The van der Waals surface area contributed by atoms with Gasteiger partial charge in [-0.15, -0.1) is 0 Å². The van der Waals surface area contributed by atoms with Crippen molar-refractivity contribution >= 4 is 28.5 Å². The minimum Gasteiger partial charge on any atom is -0.374 e. The lowest BCUT2D eigenvalue weighted by Gasteiger charge is -2.21. The summed E-state index contributed by atoms with van der Waals surface area (Å²) in [6, 6.07) is 12.2. The van der Waals surface area contributed by atoms with E-state index in [0.29, 0.717) is 30.0 Å². The number of hydrogen-bond donors (Lipinski definition) is 2. The van der Waals surface area contributed by atoms with Gasteiger partial charge in [-0.3, -0.25) is 4.79 Å². The third-order valence-electron chi connectivity index (χ3n) is 4.85. The van der Waals surface area contributed by atoms with E-state index in [0.717, 1.165) is 24.3 Å². The summed E-state index contributed by atoms with van der Waals surface area (Å²) in [4.78, 5) is 14.3. The first-order valence-corrected chi connectivity index (χ1v) is 9.22. The molecule has 1 amide bonds. The Kier molecular flexibility index (Phi) is 5.27. The summed E-state index contributed by atoms with van der Waals surface area (Å²) in [5.74, 6) is -0.625. The van der Waals surface area contributed by atoms with E-state index in [1.54, 1.807) is 12.3 Å². The number of nitrogens with one attached hydrogen (secondary N) is 2. The summed E-state index contributed by atoms with van der Waals surface area (Å²) < 4.78 is 24.2. The van der Waals surface area contributed by atoms with E-state index in [2.05, 4.69) is 15.5 Å². The Hall–Kier alpha value is -2.90. The number of halogens is 1. The highest BCUT2D eigenvalue weighted by atomic mass is 19.1. The molecule has 0 radical (unpaired) electrons. The summed E-state index contributed by atoms with van der Waals surface area (Å²) in [5.41, 5.74) is 3.59. The lowest BCUT2D eigenvalue weighted by atomic mass is 10.1. The van der Waals surface area contributed by atoms with E-state index in [9.17, 15) is 9.18 Å². The molecule has 0 atom stereocenters. The molecular weight excluding hydrogens is 361 g/mol. The Morgan fingerprint density at radius 1 is 1.21 bits per heavy atom. The first kappa shape index (κ1) is 18.5. The van der Waals surface area contributed by atoms with Gasteiger partial charge in [0, 0.05) is 43.2 Å². The van der Waals surface area contributed by atoms with Crippen LogP contribution in [0.15, 0.2) is 48.7 Å². The molecule has 0 saturated carbocycles. The van der Waals surface area contributed by atoms with Gasteiger partial charge in [0.25, 0.3) is 5.91 Å². The maximum absolute atomic E-state index is 13.3. The number of fused-ring (bicyclic) bond motifs is 1. The fraction of sp³-hybridized carbons (Fsp3) is 0.286. The second kappa shape index (κ2) is 8.00. The molecule has 6 nitrogen and oxygen atoms in total. The van der Waals surface area contributed by atoms with Crippen LogP contribution in [0.1, 0.15) is 12.0 Å². The van der Waals surface area contributed by atoms with E-state index in [1.165, 1.54) is 12.1 Å². The normalized spacial score (nSPS) is 17.6. The summed E-state index contributed by atoms with van der Waals surface area (Å²) in [7, 11) is 2.03. The number of anilines is 3. The highest BCUT2D eigenvalue weighted by Gasteiger charge is 2.24. The van der Waals surface area contributed by atoms with Gasteiger partial charge in [-0.2, -0.15) is 0 Å². The Morgan fingerprint density at radius 2 is 1.96 bits per heavy atom. The van der Waals surface area contributed by atoms with Crippen molar-refractivity contribution in [1.82, 2.24) is 0 Å². The van der Waals surface area contributed by atoms with E-state index in [1.807, 2.05) is 31.3 Å². The van der Waals surface area contributed by atoms with Crippen molar-refractivity contribution in [2.75, 3.05) is 42.3 Å². The van der Waals surface area contributed by atoms with Crippen LogP contribution in [-0.2, 0) is 14.3 Å². The molecule has 2 aliphatic heterocycles. The molecule has 2 aromatic carbocycles. The SMILES string of the molecule is CN(CCC1OCCO1)c1ccc(N/C=C2/C(=O)Nc3cc(F)ccc32)cc1. The Bertz CT molecular complexity index is 892. The number of hydrogen-bond acceptors (Lipinski definition) is 5. The smallest absolute Gasteiger partial charge is 0.257 e. The molecule has 7 heteroatoms. The topological polar surface area (TPSA) is 62.8 Å². The number of carbonyl (C=O) groups is 1. The minimum atomic E-state index is -0.376. The molecule has 28 heavy (non-hydrogen) atoms. The number of nitrogens with zero attached hydrogens (tertiary/aromatic N) is 1. The Morgan fingerprint density at radius 3 is 2.71 bits per heavy atom. The van der Waals surface area contributed by atoms with Crippen molar-refractivity contribution in [3.05, 3.63) is 60.0 Å². The second-order valence-corrected chi connectivity index (χ2v) is 6.77. The number of carbonyl (C=O) groups excluding carboxylic acids is 1. The van der Waals surface area contributed by atoms with Crippen LogP contribution in [-0.4, -0.2) is 39.0 Å². The van der Waals surface area contributed by atoms with E-state index >= 15 is 0 Å². The van der Waals surface area contributed by atoms with Crippen molar-refractivity contribution in [1.29, 1.82) is 0 Å². The van der Waals surface area contributed by atoms with Crippen molar-refractivity contribution in [2.45, 2.75) is 12.7 Å². The molecule has 2 N–H and O–H groups in total. The van der Waals surface area contributed by atoms with E-state index in [-0.39, 0.29) is 18.0 Å². The van der Waals surface area contributed by atoms with Gasteiger partial charge in [-0.05, 0) is 42.5 Å². The van der Waals surface area contributed by atoms with Crippen LogP contribution in [0.4, 0.5) is 21.5 Å². The summed E-state index contributed by atoms with van der Waals surface area (Å²) in [6.45, 7) is 2.17. The van der Waals surface area contributed by atoms with Gasteiger partial charge in [0.15, 0.2) is 6.29 Å². The molecule has 2 aromatic rings. The molecule has 146 valence electrons. The lowest BCUT2D eigenvalue weighted by Crippen LogP contribution is -2.23. The molecule has 0 bridgehead atoms. The average molecular weight is 383 g/mol. The fourth-order valence-corrected chi connectivity index (χ4v) is 3.28. The molecule has 0 aromatic heterocycles. The van der Waals surface area contributed by atoms with Crippen molar-refractivity contribution in [2.24, 2.45) is 0 Å². The van der Waals surface area contributed by atoms with Crippen LogP contribution in [0.3, 0.4) is 0 Å². The second-order valence-electron chi connectivity index (χ2n) is 6.77. The molecule has 0 unspecified atom stereocenters. The van der Waals surface area contributed by atoms with E-state index in [4.69, 9.17) is 9.47 Å². The van der Waals surface area contributed by atoms with Crippen LogP contribution in [0.25, 0.3) is 5.57 Å². The number of rotatable bonds is 6. The fourth-order valence-electron chi connectivity index (χ4n) is 3.28. The van der Waals surface area contributed by atoms with Crippen LogP contribution < -0.4 is 15.5 Å². The highest BCUT2D eigenvalue weighted by molar-refractivity contribution is 6.31. The first-order chi connectivity index (χ1) is 13.6. The summed E-state index contributed by atoms with van der Waals surface area (Å²) in [5, 5.41) is 5.81. The van der Waals surface area contributed by atoms with Gasteiger partial charge in [0.05, 0.1) is 24.5 Å².